The second-order valence-electron chi connectivity index (χ2n) is 6.63. The summed E-state index contributed by atoms with van der Waals surface area (Å²) in [6.45, 7) is 0. The predicted molar refractivity (Wildman–Crippen MR) is 124 cm³/mol. The van der Waals surface area contributed by atoms with Gasteiger partial charge in [-0.1, -0.05) is 47.6 Å². The fraction of sp³-hybridized carbons (Fsp3) is 0.0455. The lowest BCUT2D eigenvalue weighted by Gasteiger charge is -2.10. The lowest BCUT2D eigenvalue weighted by molar-refractivity contribution is -0.384. The quantitative estimate of drug-likeness (QED) is 0.228. The van der Waals surface area contributed by atoms with E-state index in [1.54, 1.807) is 18.2 Å². The van der Waals surface area contributed by atoms with E-state index in [2.05, 4.69) is 15.5 Å². The van der Waals surface area contributed by atoms with Crippen LogP contribution < -0.4 is 5.32 Å². The lowest BCUT2D eigenvalue weighted by Crippen LogP contribution is -2.14. The number of non-ortho nitro benzene ring substituents is 1. The molecular formula is C22H16ClN5O3S. The number of aromatic nitrogens is 3. The number of amides is 1. The molecule has 0 radical (unpaired) electrons. The summed E-state index contributed by atoms with van der Waals surface area (Å²) in [6, 6.07) is 22.6. The molecule has 0 bridgehead atoms. The molecule has 1 N–H and O–H groups in total. The van der Waals surface area contributed by atoms with Crippen molar-refractivity contribution in [2.45, 2.75) is 5.16 Å². The van der Waals surface area contributed by atoms with Crippen LogP contribution in [0, 0.1) is 10.1 Å². The number of benzene rings is 3. The van der Waals surface area contributed by atoms with E-state index in [-0.39, 0.29) is 17.3 Å². The SMILES string of the molecule is O=C(CSc1nnc(-c2ccc(Cl)cc2)n1-c1ccccc1)Nc1cccc([N+](=O)[O-])c1. The van der Waals surface area contributed by atoms with Crippen molar-refractivity contribution < 1.29 is 9.72 Å². The summed E-state index contributed by atoms with van der Waals surface area (Å²) < 4.78 is 1.87. The molecule has 160 valence electrons. The summed E-state index contributed by atoms with van der Waals surface area (Å²) in [5.74, 6) is 0.356. The number of nitro groups is 1. The number of anilines is 1. The van der Waals surface area contributed by atoms with Crippen LogP contribution in [0.2, 0.25) is 5.02 Å². The molecule has 0 saturated carbocycles. The van der Waals surface area contributed by atoms with E-state index in [9.17, 15) is 14.9 Å². The number of halogens is 1. The van der Waals surface area contributed by atoms with Crippen molar-refractivity contribution in [3.63, 3.8) is 0 Å². The fourth-order valence-electron chi connectivity index (χ4n) is 2.98. The fourth-order valence-corrected chi connectivity index (χ4v) is 3.86. The first kappa shape index (κ1) is 21.5. The standard InChI is InChI=1S/C22H16ClN5O3S/c23-16-11-9-15(10-12-16)21-25-26-22(27(21)18-6-2-1-3-7-18)32-14-20(29)24-17-5-4-8-19(13-17)28(30)31/h1-13H,14H2,(H,24,29). The van der Waals surface area contributed by atoms with Gasteiger partial charge in [-0.3, -0.25) is 19.5 Å². The van der Waals surface area contributed by atoms with Crippen molar-refractivity contribution in [1.29, 1.82) is 0 Å². The third-order valence-electron chi connectivity index (χ3n) is 4.42. The number of para-hydroxylation sites is 1. The maximum absolute atomic E-state index is 12.5. The van der Waals surface area contributed by atoms with E-state index in [0.29, 0.717) is 21.7 Å². The van der Waals surface area contributed by atoms with Gasteiger partial charge in [0, 0.05) is 34.1 Å². The van der Waals surface area contributed by atoms with Crippen LogP contribution >= 0.6 is 23.4 Å². The van der Waals surface area contributed by atoms with Gasteiger partial charge in [-0.15, -0.1) is 10.2 Å². The van der Waals surface area contributed by atoms with Crippen LogP contribution in [0.3, 0.4) is 0 Å². The van der Waals surface area contributed by atoms with E-state index < -0.39 is 4.92 Å². The molecule has 1 amide bonds. The second kappa shape index (κ2) is 9.63. The number of nitrogens with zero attached hydrogens (tertiary/aromatic N) is 4. The Bertz CT molecular complexity index is 1260. The molecule has 4 aromatic rings. The Morgan fingerprint density at radius 2 is 1.78 bits per heavy atom. The minimum absolute atomic E-state index is 0.0499. The van der Waals surface area contributed by atoms with Gasteiger partial charge >= 0.3 is 0 Å². The maximum Gasteiger partial charge on any atom is 0.271 e. The zero-order valence-corrected chi connectivity index (χ0v) is 18.1. The molecule has 32 heavy (non-hydrogen) atoms. The molecule has 1 heterocycles. The topological polar surface area (TPSA) is 103 Å². The summed E-state index contributed by atoms with van der Waals surface area (Å²) in [7, 11) is 0. The number of nitrogens with one attached hydrogen (secondary N) is 1. The smallest absolute Gasteiger partial charge is 0.271 e. The Kier molecular flexibility index (Phi) is 6.48. The van der Waals surface area contributed by atoms with E-state index in [1.807, 2.05) is 47.0 Å². The summed E-state index contributed by atoms with van der Waals surface area (Å²) in [5, 5.41) is 23.4. The number of hydrogen-bond acceptors (Lipinski definition) is 6. The minimum atomic E-state index is -0.509. The van der Waals surface area contributed by atoms with Crippen LogP contribution in [0.1, 0.15) is 0 Å². The van der Waals surface area contributed by atoms with Crippen LogP contribution in [0.5, 0.6) is 0 Å². The van der Waals surface area contributed by atoms with Crippen molar-refractivity contribution in [3.8, 4) is 17.1 Å². The molecule has 0 spiro atoms. The van der Waals surface area contributed by atoms with Crippen molar-refractivity contribution >= 4 is 40.6 Å². The van der Waals surface area contributed by atoms with Gasteiger partial charge < -0.3 is 5.32 Å². The number of hydrogen-bond donors (Lipinski definition) is 1. The summed E-state index contributed by atoms with van der Waals surface area (Å²) >= 11 is 7.23. The molecular weight excluding hydrogens is 450 g/mol. The van der Waals surface area contributed by atoms with E-state index in [0.717, 1.165) is 11.3 Å². The van der Waals surface area contributed by atoms with Gasteiger partial charge in [0.05, 0.1) is 10.7 Å². The highest BCUT2D eigenvalue weighted by atomic mass is 35.5. The normalized spacial score (nSPS) is 10.7. The zero-order valence-electron chi connectivity index (χ0n) is 16.5. The lowest BCUT2D eigenvalue weighted by atomic mass is 10.2. The predicted octanol–water partition coefficient (Wildman–Crippen LogP) is 5.23. The maximum atomic E-state index is 12.5. The molecule has 0 aliphatic carbocycles. The Balaban J connectivity index is 1.56. The van der Waals surface area contributed by atoms with Crippen molar-refractivity contribution in [2.75, 3.05) is 11.1 Å². The molecule has 10 heteroatoms. The van der Waals surface area contributed by atoms with Gasteiger partial charge in [0.1, 0.15) is 0 Å². The molecule has 0 unspecified atom stereocenters. The van der Waals surface area contributed by atoms with Gasteiger partial charge in [-0.05, 0) is 42.5 Å². The molecule has 1 aromatic heterocycles. The number of nitro benzene ring substituents is 1. The Hall–Kier alpha value is -3.69. The van der Waals surface area contributed by atoms with Crippen LogP contribution in [-0.2, 0) is 4.79 Å². The highest BCUT2D eigenvalue weighted by Gasteiger charge is 2.17. The first-order valence-electron chi connectivity index (χ1n) is 9.45. The minimum Gasteiger partial charge on any atom is -0.325 e. The zero-order chi connectivity index (χ0) is 22.5. The highest BCUT2D eigenvalue weighted by Crippen LogP contribution is 2.29. The van der Waals surface area contributed by atoms with Crippen molar-refractivity contribution in [1.82, 2.24) is 14.8 Å². The summed E-state index contributed by atoms with van der Waals surface area (Å²) in [6.07, 6.45) is 0. The molecule has 0 atom stereocenters. The molecule has 0 fully saturated rings. The summed E-state index contributed by atoms with van der Waals surface area (Å²) in [4.78, 5) is 22.9. The molecule has 0 saturated heterocycles. The first-order chi connectivity index (χ1) is 15.5. The number of rotatable bonds is 7. The molecule has 0 aliphatic heterocycles. The average Bonchev–Trinajstić information content (AvgIpc) is 3.23. The third-order valence-corrected chi connectivity index (χ3v) is 5.60. The van der Waals surface area contributed by atoms with Gasteiger partial charge in [0.2, 0.25) is 5.91 Å². The molecule has 8 nitrogen and oxygen atoms in total. The van der Waals surface area contributed by atoms with E-state index >= 15 is 0 Å². The third kappa shape index (κ3) is 4.96. The van der Waals surface area contributed by atoms with Gasteiger partial charge in [0.15, 0.2) is 11.0 Å². The van der Waals surface area contributed by atoms with Crippen LogP contribution in [0.15, 0.2) is 84.0 Å². The second-order valence-corrected chi connectivity index (χ2v) is 8.01. The first-order valence-corrected chi connectivity index (χ1v) is 10.8. The Labute approximate surface area is 192 Å². The summed E-state index contributed by atoms with van der Waals surface area (Å²) in [5.41, 5.74) is 1.95. The van der Waals surface area contributed by atoms with Crippen molar-refractivity contribution in [3.05, 3.63) is 94.0 Å². The van der Waals surface area contributed by atoms with Gasteiger partial charge in [0.25, 0.3) is 5.69 Å². The van der Waals surface area contributed by atoms with Crippen LogP contribution in [0.4, 0.5) is 11.4 Å². The van der Waals surface area contributed by atoms with Crippen molar-refractivity contribution in [2.24, 2.45) is 0 Å². The monoisotopic (exact) mass is 465 g/mol. The van der Waals surface area contributed by atoms with Crippen LogP contribution in [-0.4, -0.2) is 31.3 Å². The van der Waals surface area contributed by atoms with E-state index in [1.165, 1.54) is 30.0 Å². The Morgan fingerprint density at radius 1 is 1.03 bits per heavy atom. The van der Waals surface area contributed by atoms with E-state index in [4.69, 9.17) is 11.6 Å². The average molecular weight is 466 g/mol. The number of thioether (sulfide) groups is 1. The Morgan fingerprint density at radius 3 is 2.50 bits per heavy atom. The molecule has 0 aliphatic rings. The van der Waals surface area contributed by atoms with Gasteiger partial charge in [-0.2, -0.15) is 0 Å². The molecule has 4 rings (SSSR count). The van der Waals surface area contributed by atoms with Gasteiger partial charge in [-0.25, -0.2) is 0 Å². The van der Waals surface area contributed by atoms with Crippen LogP contribution in [0.25, 0.3) is 17.1 Å². The number of carbonyl (C=O) groups excluding carboxylic acids is 1. The largest absolute Gasteiger partial charge is 0.325 e. The number of carbonyl (C=O) groups is 1. The highest BCUT2D eigenvalue weighted by molar-refractivity contribution is 7.99. The molecule has 3 aromatic carbocycles.